The topological polar surface area (TPSA) is 116 Å². The third kappa shape index (κ3) is 4.79. The minimum atomic E-state index is -0.775. The van der Waals surface area contributed by atoms with Crippen LogP contribution in [0.2, 0.25) is 0 Å². The maximum atomic E-state index is 14.2. The molecule has 180 valence electrons. The van der Waals surface area contributed by atoms with Gasteiger partial charge in [-0.15, -0.1) is 0 Å². The zero-order chi connectivity index (χ0) is 24.4. The Morgan fingerprint density at radius 3 is 2.68 bits per heavy atom. The summed E-state index contributed by atoms with van der Waals surface area (Å²) in [5.74, 6) is -1.77. The number of pyridine rings is 1. The second-order valence-corrected chi connectivity index (χ2v) is 9.51. The van der Waals surface area contributed by atoms with Crippen LogP contribution in [0.4, 0.5) is 19.5 Å². The lowest BCUT2D eigenvalue weighted by Crippen LogP contribution is -2.46. The Balaban J connectivity index is 1.57. The Hall–Kier alpha value is -2.95. The van der Waals surface area contributed by atoms with Crippen molar-refractivity contribution in [2.24, 2.45) is 11.7 Å². The predicted octanol–water partition coefficient (Wildman–Crippen LogP) is 4.56. The van der Waals surface area contributed by atoms with Gasteiger partial charge in [0.05, 0.1) is 23.6 Å². The van der Waals surface area contributed by atoms with Crippen LogP contribution in [-0.4, -0.2) is 34.6 Å². The summed E-state index contributed by atoms with van der Waals surface area (Å²) in [4.78, 5) is 21.3. The summed E-state index contributed by atoms with van der Waals surface area (Å²) in [5, 5.41) is 2.89. The van der Waals surface area contributed by atoms with Gasteiger partial charge in [-0.1, -0.05) is 24.3 Å². The normalized spacial score (nSPS) is 22.5. The highest BCUT2D eigenvalue weighted by Crippen LogP contribution is 2.40. The standard InChI is InChI=1S/C24H27F2N5O2S/c1-3-33-21-12(2)9-13(10-17(21)27)14-7-8-29-11-18(14)30-23(32)20-22(28)34-24(31-20)19-15(25)5-4-6-16(19)26/h4-8,11-13,17,21H,3,9-10,27-28H2,1-2H3,(H,30,32)/t12-,13-,17+,21+/m1/s1. The number of hydrogen-bond donors (Lipinski definition) is 3. The van der Waals surface area contributed by atoms with Gasteiger partial charge in [-0.3, -0.25) is 9.78 Å². The lowest BCUT2D eigenvalue weighted by Gasteiger charge is -2.39. The van der Waals surface area contributed by atoms with Crippen LogP contribution in [0.5, 0.6) is 0 Å². The van der Waals surface area contributed by atoms with E-state index in [1.807, 2.05) is 13.0 Å². The van der Waals surface area contributed by atoms with E-state index >= 15 is 0 Å². The summed E-state index contributed by atoms with van der Waals surface area (Å²) in [7, 11) is 0. The number of nitrogens with zero attached hydrogens (tertiary/aromatic N) is 2. The molecule has 0 aliphatic heterocycles. The first-order valence-corrected chi connectivity index (χ1v) is 11.9. The Kier molecular flexibility index (Phi) is 7.20. The molecule has 5 N–H and O–H groups in total. The number of thiazole rings is 1. The van der Waals surface area contributed by atoms with Crippen LogP contribution < -0.4 is 16.8 Å². The Morgan fingerprint density at radius 2 is 2.00 bits per heavy atom. The van der Waals surface area contributed by atoms with E-state index in [1.165, 1.54) is 6.07 Å². The molecule has 4 rings (SSSR count). The van der Waals surface area contributed by atoms with Crippen molar-refractivity contribution in [2.75, 3.05) is 17.7 Å². The molecule has 1 amide bonds. The quantitative estimate of drug-likeness (QED) is 0.469. The molecule has 1 aliphatic carbocycles. The van der Waals surface area contributed by atoms with Gasteiger partial charge >= 0.3 is 0 Å². The van der Waals surface area contributed by atoms with Crippen molar-refractivity contribution in [3.8, 4) is 10.6 Å². The highest BCUT2D eigenvalue weighted by molar-refractivity contribution is 7.19. The van der Waals surface area contributed by atoms with Gasteiger partial charge in [-0.05, 0) is 55.4 Å². The molecule has 0 bridgehead atoms. The SMILES string of the molecule is CCO[C@H]1[C@H](C)C[C@@H](c2ccncc2NC(=O)c2nc(-c3c(F)cccc3F)sc2N)C[C@@H]1N. The number of carbonyl (C=O) groups is 1. The number of nitrogens with one attached hydrogen (secondary N) is 1. The smallest absolute Gasteiger partial charge is 0.277 e. The fourth-order valence-electron chi connectivity index (χ4n) is 4.65. The van der Waals surface area contributed by atoms with E-state index in [-0.39, 0.29) is 45.2 Å². The number of benzene rings is 1. The molecule has 2 aromatic heterocycles. The van der Waals surface area contributed by atoms with E-state index in [0.717, 1.165) is 35.5 Å². The van der Waals surface area contributed by atoms with Crippen LogP contribution in [0.25, 0.3) is 10.6 Å². The number of halogens is 2. The Morgan fingerprint density at radius 1 is 1.26 bits per heavy atom. The van der Waals surface area contributed by atoms with Crippen LogP contribution in [-0.2, 0) is 4.74 Å². The summed E-state index contributed by atoms with van der Waals surface area (Å²) in [6, 6.07) is 5.26. The fraction of sp³-hybridized carbons (Fsp3) is 0.375. The van der Waals surface area contributed by atoms with Gasteiger partial charge in [0, 0.05) is 18.8 Å². The summed E-state index contributed by atoms with van der Waals surface area (Å²) in [6.07, 6.45) is 4.79. The second kappa shape index (κ2) is 10.1. The number of aromatic nitrogens is 2. The number of rotatable bonds is 6. The highest BCUT2D eigenvalue weighted by atomic mass is 32.1. The molecule has 1 saturated carbocycles. The Bertz CT molecular complexity index is 1160. The first-order chi connectivity index (χ1) is 16.3. The van der Waals surface area contributed by atoms with E-state index < -0.39 is 17.5 Å². The van der Waals surface area contributed by atoms with E-state index in [1.54, 1.807) is 12.4 Å². The van der Waals surface area contributed by atoms with Crippen LogP contribution in [0, 0.1) is 17.6 Å². The monoisotopic (exact) mass is 487 g/mol. The minimum absolute atomic E-state index is 0.00120. The summed E-state index contributed by atoms with van der Waals surface area (Å²) in [5.41, 5.74) is 13.4. The third-order valence-electron chi connectivity index (χ3n) is 6.14. The van der Waals surface area contributed by atoms with Gasteiger partial charge in [0.1, 0.15) is 21.6 Å². The van der Waals surface area contributed by atoms with Crippen LogP contribution >= 0.6 is 11.3 Å². The lowest BCUT2D eigenvalue weighted by atomic mass is 9.74. The zero-order valence-corrected chi connectivity index (χ0v) is 19.7. The van der Waals surface area contributed by atoms with Crippen LogP contribution in [0.1, 0.15) is 48.7 Å². The molecule has 0 saturated heterocycles. The molecule has 0 radical (unpaired) electrons. The third-order valence-corrected chi connectivity index (χ3v) is 7.04. The average Bonchev–Trinajstić information content (AvgIpc) is 3.17. The number of nitrogen functional groups attached to an aromatic ring is 1. The molecule has 0 unspecified atom stereocenters. The first kappa shape index (κ1) is 24.2. The molecular formula is C24H27F2N5O2S. The molecule has 3 aromatic rings. The van der Waals surface area contributed by atoms with Crippen molar-refractivity contribution >= 4 is 27.9 Å². The van der Waals surface area contributed by atoms with Crippen LogP contribution in [0.15, 0.2) is 36.7 Å². The molecule has 1 aliphatic rings. The van der Waals surface area contributed by atoms with E-state index in [0.29, 0.717) is 18.7 Å². The maximum absolute atomic E-state index is 14.2. The van der Waals surface area contributed by atoms with Crippen molar-refractivity contribution in [1.82, 2.24) is 9.97 Å². The van der Waals surface area contributed by atoms with Crippen LogP contribution in [0.3, 0.4) is 0 Å². The molecule has 0 spiro atoms. The summed E-state index contributed by atoms with van der Waals surface area (Å²) >= 11 is 0.852. The number of amides is 1. The molecule has 1 aromatic carbocycles. The molecule has 4 atom stereocenters. The van der Waals surface area contributed by atoms with Gasteiger partial charge in [0.25, 0.3) is 5.91 Å². The predicted molar refractivity (Wildman–Crippen MR) is 129 cm³/mol. The van der Waals surface area contributed by atoms with Gasteiger partial charge < -0.3 is 21.5 Å². The number of ether oxygens (including phenoxy) is 1. The first-order valence-electron chi connectivity index (χ1n) is 11.1. The summed E-state index contributed by atoms with van der Waals surface area (Å²) in [6.45, 7) is 4.68. The van der Waals surface area contributed by atoms with Crippen molar-refractivity contribution in [3.05, 3.63) is 59.6 Å². The lowest BCUT2D eigenvalue weighted by molar-refractivity contribution is -0.0161. The van der Waals surface area contributed by atoms with Gasteiger partial charge in [0.2, 0.25) is 0 Å². The largest absolute Gasteiger partial charge is 0.389 e. The van der Waals surface area contributed by atoms with Crippen molar-refractivity contribution in [2.45, 2.75) is 44.8 Å². The molecular weight excluding hydrogens is 460 g/mol. The molecule has 10 heteroatoms. The average molecular weight is 488 g/mol. The number of hydrogen-bond acceptors (Lipinski definition) is 7. The van der Waals surface area contributed by atoms with Gasteiger partial charge in [0.15, 0.2) is 5.69 Å². The van der Waals surface area contributed by atoms with E-state index in [9.17, 15) is 13.6 Å². The number of carbonyl (C=O) groups excluding carboxylic acids is 1. The molecule has 1 fully saturated rings. The summed E-state index contributed by atoms with van der Waals surface area (Å²) < 4.78 is 34.2. The molecule has 2 heterocycles. The van der Waals surface area contributed by atoms with Crippen molar-refractivity contribution in [1.29, 1.82) is 0 Å². The zero-order valence-electron chi connectivity index (χ0n) is 18.9. The molecule has 7 nitrogen and oxygen atoms in total. The van der Waals surface area contributed by atoms with Gasteiger partial charge in [-0.25, -0.2) is 13.8 Å². The van der Waals surface area contributed by atoms with Gasteiger partial charge in [-0.2, -0.15) is 0 Å². The number of anilines is 2. The maximum Gasteiger partial charge on any atom is 0.277 e. The molecule has 34 heavy (non-hydrogen) atoms. The minimum Gasteiger partial charge on any atom is -0.389 e. The number of nitrogens with two attached hydrogens (primary N) is 2. The highest BCUT2D eigenvalue weighted by Gasteiger charge is 2.35. The van der Waals surface area contributed by atoms with E-state index in [2.05, 4.69) is 22.2 Å². The van der Waals surface area contributed by atoms with Crippen molar-refractivity contribution in [3.63, 3.8) is 0 Å². The van der Waals surface area contributed by atoms with E-state index in [4.69, 9.17) is 16.2 Å². The Labute approximate surface area is 200 Å². The van der Waals surface area contributed by atoms with Crippen molar-refractivity contribution < 1.29 is 18.3 Å². The second-order valence-electron chi connectivity index (χ2n) is 8.48. The fourth-order valence-corrected chi connectivity index (χ4v) is 5.53.